The minimum Gasteiger partial charge on any atom is -0.233 e. The fourth-order valence-electron chi connectivity index (χ4n) is 1.67. The number of nitrogens with zero attached hydrogens (tertiary/aromatic N) is 2. The van der Waals surface area contributed by atoms with Crippen molar-refractivity contribution in [2.24, 2.45) is 0 Å². The van der Waals surface area contributed by atoms with Gasteiger partial charge in [0.05, 0.1) is 5.56 Å². The van der Waals surface area contributed by atoms with Crippen LogP contribution in [0.3, 0.4) is 0 Å². The second-order valence-corrected chi connectivity index (χ2v) is 5.06. The Morgan fingerprint density at radius 2 is 1.65 bits per heavy atom. The summed E-state index contributed by atoms with van der Waals surface area (Å²) in [5.74, 6) is 0.485. The van der Waals surface area contributed by atoms with Crippen molar-refractivity contribution in [3.63, 3.8) is 0 Å². The molecule has 2 rings (SSSR count). The van der Waals surface area contributed by atoms with E-state index in [1.165, 1.54) is 12.1 Å². The molecule has 1 aromatic carbocycles. The van der Waals surface area contributed by atoms with Gasteiger partial charge in [0.2, 0.25) is 0 Å². The molecule has 0 spiro atoms. The van der Waals surface area contributed by atoms with E-state index in [4.69, 9.17) is 11.6 Å². The van der Waals surface area contributed by atoms with Crippen molar-refractivity contribution in [2.75, 3.05) is 0 Å². The van der Waals surface area contributed by atoms with Gasteiger partial charge in [0.1, 0.15) is 5.15 Å². The second-order valence-electron chi connectivity index (χ2n) is 4.67. The van der Waals surface area contributed by atoms with Crippen LogP contribution in [0.25, 0.3) is 11.4 Å². The average molecular weight is 301 g/mol. The molecule has 0 aliphatic heterocycles. The van der Waals surface area contributed by atoms with Gasteiger partial charge in [-0.25, -0.2) is 9.97 Å². The number of hydrogen-bond acceptors (Lipinski definition) is 2. The molecule has 1 heterocycles. The van der Waals surface area contributed by atoms with E-state index in [-0.39, 0.29) is 11.1 Å². The molecule has 2 aromatic rings. The average Bonchev–Trinajstić information content (AvgIpc) is 2.37. The Hall–Kier alpha value is -1.62. The van der Waals surface area contributed by atoms with Gasteiger partial charge in [0.15, 0.2) is 5.82 Å². The predicted molar refractivity (Wildman–Crippen MR) is 71.6 cm³/mol. The van der Waals surface area contributed by atoms with Gasteiger partial charge in [-0.2, -0.15) is 13.2 Å². The molecule has 0 aliphatic carbocycles. The molecule has 2 nitrogen and oxygen atoms in total. The van der Waals surface area contributed by atoms with Crippen LogP contribution in [0.2, 0.25) is 5.15 Å². The quantitative estimate of drug-likeness (QED) is 0.734. The molecule has 0 radical (unpaired) electrons. The van der Waals surface area contributed by atoms with E-state index in [0.717, 1.165) is 17.8 Å². The fraction of sp³-hybridized carbons (Fsp3) is 0.286. The largest absolute Gasteiger partial charge is 0.416 e. The highest BCUT2D eigenvalue weighted by Crippen LogP contribution is 2.30. The summed E-state index contributed by atoms with van der Waals surface area (Å²) < 4.78 is 37.5. The number of benzene rings is 1. The maximum atomic E-state index is 12.5. The Morgan fingerprint density at radius 3 is 2.15 bits per heavy atom. The van der Waals surface area contributed by atoms with Gasteiger partial charge in [-0.15, -0.1) is 0 Å². The van der Waals surface area contributed by atoms with E-state index >= 15 is 0 Å². The molecule has 0 aliphatic rings. The van der Waals surface area contributed by atoms with Crippen LogP contribution in [0.4, 0.5) is 13.2 Å². The van der Waals surface area contributed by atoms with E-state index < -0.39 is 11.7 Å². The van der Waals surface area contributed by atoms with Gasteiger partial charge in [-0.05, 0) is 24.1 Å². The standard InChI is InChI=1S/C14H12ClF3N2/c1-8(2)11-7-12(15)20-13(19-11)9-3-5-10(6-4-9)14(16,17)18/h3-8H,1-2H3. The summed E-state index contributed by atoms with van der Waals surface area (Å²) in [6.45, 7) is 3.91. The number of aromatic nitrogens is 2. The summed E-state index contributed by atoms with van der Waals surface area (Å²) >= 11 is 5.92. The third-order valence-electron chi connectivity index (χ3n) is 2.78. The number of halogens is 4. The van der Waals surface area contributed by atoms with Crippen LogP contribution < -0.4 is 0 Å². The van der Waals surface area contributed by atoms with Crippen molar-refractivity contribution < 1.29 is 13.2 Å². The van der Waals surface area contributed by atoms with Crippen LogP contribution in [-0.2, 0) is 6.18 Å². The van der Waals surface area contributed by atoms with Crippen LogP contribution >= 0.6 is 11.6 Å². The first-order valence-corrected chi connectivity index (χ1v) is 6.37. The highest BCUT2D eigenvalue weighted by Gasteiger charge is 2.30. The number of hydrogen-bond donors (Lipinski definition) is 0. The Balaban J connectivity index is 2.41. The lowest BCUT2D eigenvalue weighted by molar-refractivity contribution is -0.137. The minimum absolute atomic E-state index is 0.156. The summed E-state index contributed by atoms with van der Waals surface area (Å²) in [5.41, 5.74) is 0.551. The van der Waals surface area contributed by atoms with E-state index in [1.54, 1.807) is 6.07 Å². The maximum Gasteiger partial charge on any atom is 0.416 e. The molecule has 20 heavy (non-hydrogen) atoms. The lowest BCUT2D eigenvalue weighted by atomic mass is 10.1. The Kier molecular flexibility index (Phi) is 3.99. The first-order valence-electron chi connectivity index (χ1n) is 5.99. The zero-order valence-electron chi connectivity index (χ0n) is 10.9. The van der Waals surface area contributed by atoms with Crippen molar-refractivity contribution in [3.05, 3.63) is 46.7 Å². The third kappa shape index (κ3) is 3.28. The fourth-order valence-corrected chi connectivity index (χ4v) is 1.86. The molecule has 1 aromatic heterocycles. The van der Waals surface area contributed by atoms with E-state index in [1.807, 2.05) is 13.8 Å². The van der Waals surface area contributed by atoms with Crippen molar-refractivity contribution in [1.82, 2.24) is 9.97 Å². The summed E-state index contributed by atoms with van der Waals surface area (Å²) in [4.78, 5) is 8.37. The first kappa shape index (κ1) is 14.8. The van der Waals surface area contributed by atoms with Crippen LogP contribution in [0.5, 0.6) is 0 Å². The maximum absolute atomic E-state index is 12.5. The van der Waals surface area contributed by atoms with Crippen LogP contribution in [0.15, 0.2) is 30.3 Å². The van der Waals surface area contributed by atoms with Crippen molar-refractivity contribution in [3.8, 4) is 11.4 Å². The van der Waals surface area contributed by atoms with Crippen molar-refractivity contribution >= 4 is 11.6 Å². The van der Waals surface area contributed by atoms with Crippen LogP contribution in [0, 0.1) is 0 Å². The molecule has 0 amide bonds. The molecule has 0 saturated heterocycles. The van der Waals surface area contributed by atoms with E-state index in [9.17, 15) is 13.2 Å². The summed E-state index contributed by atoms with van der Waals surface area (Å²) in [6, 6.07) is 6.36. The molecular weight excluding hydrogens is 289 g/mol. The van der Waals surface area contributed by atoms with Gasteiger partial charge in [0.25, 0.3) is 0 Å². The predicted octanol–water partition coefficient (Wildman–Crippen LogP) is 4.94. The Labute approximate surface area is 119 Å². The SMILES string of the molecule is CC(C)c1cc(Cl)nc(-c2ccc(C(F)(F)F)cc2)n1. The molecule has 0 fully saturated rings. The lowest BCUT2D eigenvalue weighted by Crippen LogP contribution is -2.04. The van der Waals surface area contributed by atoms with Gasteiger partial charge >= 0.3 is 6.18 Å². The summed E-state index contributed by atoms with van der Waals surface area (Å²) in [5, 5.41) is 0.276. The molecule has 0 bridgehead atoms. The summed E-state index contributed by atoms with van der Waals surface area (Å²) in [7, 11) is 0. The zero-order chi connectivity index (χ0) is 14.9. The van der Waals surface area contributed by atoms with Gasteiger partial charge in [-0.1, -0.05) is 37.6 Å². The lowest BCUT2D eigenvalue weighted by Gasteiger charge is -2.09. The highest BCUT2D eigenvalue weighted by molar-refractivity contribution is 6.29. The molecule has 6 heteroatoms. The second kappa shape index (κ2) is 5.40. The molecule has 0 unspecified atom stereocenters. The van der Waals surface area contributed by atoms with Crippen molar-refractivity contribution in [1.29, 1.82) is 0 Å². The smallest absolute Gasteiger partial charge is 0.233 e. The molecule has 106 valence electrons. The molecule has 0 N–H and O–H groups in total. The number of alkyl halides is 3. The Bertz CT molecular complexity index is 607. The molecule has 0 saturated carbocycles. The minimum atomic E-state index is -4.35. The number of rotatable bonds is 2. The van der Waals surface area contributed by atoms with E-state index in [2.05, 4.69) is 9.97 Å². The molecule has 0 atom stereocenters. The third-order valence-corrected chi connectivity index (χ3v) is 2.97. The summed E-state index contributed by atoms with van der Waals surface area (Å²) in [6.07, 6.45) is -4.35. The van der Waals surface area contributed by atoms with Gasteiger partial charge in [-0.3, -0.25) is 0 Å². The normalized spacial score (nSPS) is 11.9. The topological polar surface area (TPSA) is 25.8 Å². The zero-order valence-corrected chi connectivity index (χ0v) is 11.6. The first-order chi connectivity index (χ1) is 9.27. The van der Waals surface area contributed by atoms with Crippen LogP contribution in [0.1, 0.15) is 31.0 Å². The van der Waals surface area contributed by atoms with Crippen LogP contribution in [-0.4, -0.2) is 9.97 Å². The Morgan fingerprint density at radius 1 is 1.05 bits per heavy atom. The highest BCUT2D eigenvalue weighted by atomic mass is 35.5. The van der Waals surface area contributed by atoms with E-state index in [0.29, 0.717) is 11.4 Å². The molecular formula is C14H12ClF3N2. The monoisotopic (exact) mass is 300 g/mol. The van der Waals surface area contributed by atoms with Crippen molar-refractivity contribution in [2.45, 2.75) is 25.9 Å². The van der Waals surface area contributed by atoms with Gasteiger partial charge in [0, 0.05) is 11.3 Å². The van der Waals surface area contributed by atoms with Gasteiger partial charge < -0.3 is 0 Å².